The summed E-state index contributed by atoms with van der Waals surface area (Å²) in [6.07, 6.45) is -1.01. The van der Waals surface area contributed by atoms with Gasteiger partial charge in [-0.2, -0.15) is 5.26 Å². The molecule has 1 heterocycles. The summed E-state index contributed by atoms with van der Waals surface area (Å²) in [5, 5.41) is 8.91. The van der Waals surface area contributed by atoms with Crippen LogP contribution in [-0.2, 0) is 14.8 Å². The number of hydrogen-bond donors (Lipinski definition) is 1. The first-order valence-electron chi connectivity index (χ1n) is 5.84. The van der Waals surface area contributed by atoms with Crippen molar-refractivity contribution in [3.8, 4) is 6.07 Å². The van der Waals surface area contributed by atoms with Crippen LogP contribution in [0.3, 0.4) is 0 Å². The number of carbonyl (C=O) groups excluding carboxylic acids is 1. The monoisotopic (exact) mass is 295 g/mol. The van der Waals surface area contributed by atoms with E-state index in [1.54, 1.807) is 19.2 Å². The van der Waals surface area contributed by atoms with E-state index < -0.39 is 22.2 Å². The Morgan fingerprint density at radius 1 is 1.50 bits per heavy atom. The quantitative estimate of drug-likeness (QED) is 0.860. The first kappa shape index (κ1) is 14.3. The molecule has 1 aliphatic rings. The van der Waals surface area contributed by atoms with Gasteiger partial charge in [0.2, 0.25) is 10.0 Å². The zero-order chi connectivity index (χ0) is 14.8. The Morgan fingerprint density at radius 3 is 2.80 bits per heavy atom. The van der Waals surface area contributed by atoms with Gasteiger partial charge in [0, 0.05) is 13.6 Å². The molecule has 1 N–H and O–H groups in total. The Balaban J connectivity index is 2.09. The Morgan fingerprint density at radius 2 is 2.20 bits per heavy atom. The number of hydrogen-bond acceptors (Lipinski definition) is 5. The molecule has 106 valence electrons. The third-order valence-electron chi connectivity index (χ3n) is 2.85. The van der Waals surface area contributed by atoms with Crippen LogP contribution in [-0.4, -0.2) is 45.7 Å². The number of amides is 1. The molecule has 1 unspecified atom stereocenters. The van der Waals surface area contributed by atoms with E-state index in [0.29, 0.717) is 6.54 Å². The minimum atomic E-state index is -3.81. The van der Waals surface area contributed by atoms with E-state index in [0.717, 1.165) is 0 Å². The van der Waals surface area contributed by atoms with Crippen molar-refractivity contribution in [2.24, 2.45) is 0 Å². The Labute approximate surface area is 116 Å². The average Bonchev–Trinajstić information content (AvgIpc) is 2.76. The lowest BCUT2D eigenvalue weighted by Crippen LogP contribution is -2.34. The highest BCUT2D eigenvalue weighted by Gasteiger charge is 2.29. The fraction of sp³-hybridized carbons (Fsp3) is 0.333. The molecule has 1 atom stereocenters. The van der Waals surface area contributed by atoms with Gasteiger partial charge in [-0.3, -0.25) is 0 Å². The van der Waals surface area contributed by atoms with E-state index in [1.165, 1.54) is 17.0 Å². The Bertz CT molecular complexity index is 666. The van der Waals surface area contributed by atoms with Crippen molar-refractivity contribution in [2.75, 3.05) is 20.1 Å². The number of likely N-dealkylation sites (N-methyl/N-ethyl adjacent to an activating group) is 1. The molecular weight excluding hydrogens is 282 g/mol. The molecular formula is C12H13N3O4S. The number of sulfonamides is 1. The molecule has 20 heavy (non-hydrogen) atoms. The molecule has 8 heteroatoms. The normalized spacial score (nSPS) is 18.7. The average molecular weight is 295 g/mol. The largest absolute Gasteiger partial charge is 0.443 e. The molecule has 0 bridgehead atoms. The minimum Gasteiger partial charge on any atom is -0.443 e. The first-order valence-corrected chi connectivity index (χ1v) is 7.33. The van der Waals surface area contributed by atoms with Gasteiger partial charge in [0.1, 0.15) is 12.2 Å². The predicted molar refractivity (Wildman–Crippen MR) is 69.2 cm³/mol. The standard InChI is InChI=1S/C12H13N3O4S/c1-15-8-10(19-12(15)16)7-14-20(17,18)11-5-3-2-4-9(11)6-13/h2-5,10,14H,7-8H2,1H3. The number of rotatable bonds is 4. The second-order valence-electron chi connectivity index (χ2n) is 4.35. The number of cyclic esters (lactones) is 1. The number of ether oxygens (including phenoxy) is 1. The maximum Gasteiger partial charge on any atom is 0.410 e. The molecule has 7 nitrogen and oxygen atoms in total. The van der Waals surface area contributed by atoms with Crippen molar-refractivity contribution < 1.29 is 17.9 Å². The highest BCUT2D eigenvalue weighted by molar-refractivity contribution is 7.89. The van der Waals surface area contributed by atoms with E-state index in [4.69, 9.17) is 10.00 Å². The van der Waals surface area contributed by atoms with Gasteiger partial charge in [0.15, 0.2) is 0 Å². The lowest BCUT2D eigenvalue weighted by atomic mass is 10.2. The van der Waals surface area contributed by atoms with E-state index in [1.807, 2.05) is 6.07 Å². The van der Waals surface area contributed by atoms with Crippen molar-refractivity contribution in [2.45, 2.75) is 11.0 Å². The number of nitrogens with zero attached hydrogens (tertiary/aromatic N) is 2. The smallest absolute Gasteiger partial charge is 0.410 e. The van der Waals surface area contributed by atoms with Gasteiger partial charge < -0.3 is 9.64 Å². The summed E-state index contributed by atoms with van der Waals surface area (Å²) in [6, 6.07) is 7.74. The van der Waals surface area contributed by atoms with Crippen LogP contribution in [0.5, 0.6) is 0 Å². The van der Waals surface area contributed by atoms with Crippen LogP contribution in [0.15, 0.2) is 29.2 Å². The van der Waals surface area contributed by atoms with Crippen LogP contribution in [0.25, 0.3) is 0 Å². The summed E-state index contributed by atoms with van der Waals surface area (Å²) < 4.78 is 31.5. The van der Waals surface area contributed by atoms with Crippen molar-refractivity contribution in [1.29, 1.82) is 5.26 Å². The molecule has 1 amide bonds. The molecule has 2 rings (SSSR count). The molecule has 1 aromatic rings. The molecule has 0 spiro atoms. The zero-order valence-electron chi connectivity index (χ0n) is 10.7. The van der Waals surface area contributed by atoms with Crippen LogP contribution in [0.2, 0.25) is 0 Å². The van der Waals surface area contributed by atoms with Gasteiger partial charge in [-0.25, -0.2) is 17.9 Å². The Kier molecular flexibility index (Phi) is 3.92. The lowest BCUT2D eigenvalue weighted by Gasteiger charge is -2.11. The topological polar surface area (TPSA) is 99.5 Å². The second-order valence-corrected chi connectivity index (χ2v) is 6.08. The number of benzene rings is 1. The summed E-state index contributed by atoms with van der Waals surface area (Å²) >= 11 is 0. The first-order chi connectivity index (χ1) is 9.44. The van der Waals surface area contributed by atoms with Gasteiger partial charge in [-0.1, -0.05) is 12.1 Å². The van der Waals surface area contributed by atoms with Gasteiger partial charge in [0.05, 0.1) is 17.0 Å². The highest BCUT2D eigenvalue weighted by Crippen LogP contribution is 2.15. The molecule has 1 aliphatic heterocycles. The van der Waals surface area contributed by atoms with Gasteiger partial charge in [-0.15, -0.1) is 0 Å². The number of nitriles is 1. The summed E-state index contributed by atoms with van der Waals surface area (Å²) in [5.74, 6) is 0. The fourth-order valence-corrected chi connectivity index (χ4v) is 3.05. The molecule has 1 fully saturated rings. The fourth-order valence-electron chi connectivity index (χ4n) is 1.83. The van der Waals surface area contributed by atoms with Crippen LogP contribution in [0, 0.1) is 11.3 Å². The van der Waals surface area contributed by atoms with Crippen LogP contribution in [0.1, 0.15) is 5.56 Å². The maximum absolute atomic E-state index is 12.1. The van der Waals surface area contributed by atoms with E-state index in [-0.39, 0.29) is 17.0 Å². The van der Waals surface area contributed by atoms with Crippen molar-refractivity contribution in [3.63, 3.8) is 0 Å². The van der Waals surface area contributed by atoms with E-state index in [2.05, 4.69) is 4.72 Å². The minimum absolute atomic E-state index is 0.0296. The number of nitrogens with one attached hydrogen (secondary N) is 1. The van der Waals surface area contributed by atoms with Gasteiger partial charge in [-0.05, 0) is 12.1 Å². The van der Waals surface area contributed by atoms with E-state index in [9.17, 15) is 13.2 Å². The summed E-state index contributed by atoms with van der Waals surface area (Å²) in [5.41, 5.74) is 0.0699. The zero-order valence-corrected chi connectivity index (χ0v) is 11.6. The molecule has 0 aliphatic carbocycles. The summed E-state index contributed by atoms with van der Waals surface area (Å²) in [7, 11) is -2.24. The molecule has 0 radical (unpaired) electrons. The number of carbonyl (C=O) groups is 1. The lowest BCUT2D eigenvalue weighted by molar-refractivity contribution is 0.135. The van der Waals surface area contributed by atoms with Crippen LogP contribution >= 0.6 is 0 Å². The summed E-state index contributed by atoms with van der Waals surface area (Å²) in [6.45, 7) is 0.291. The highest BCUT2D eigenvalue weighted by atomic mass is 32.2. The van der Waals surface area contributed by atoms with Gasteiger partial charge in [0.25, 0.3) is 0 Å². The summed E-state index contributed by atoms with van der Waals surface area (Å²) in [4.78, 5) is 12.4. The van der Waals surface area contributed by atoms with Crippen molar-refractivity contribution >= 4 is 16.1 Å². The maximum atomic E-state index is 12.1. The van der Waals surface area contributed by atoms with E-state index >= 15 is 0 Å². The molecule has 1 aromatic carbocycles. The van der Waals surface area contributed by atoms with Crippen molar-refractivity contribution in [1.82, 2.24) is 9.62 Å². The third kappa shape index (κ3) is 2.89. The third-order valence-corrected chi connectivity index (χ3v) is 4.34. The SMILES string of the molecule is CN1CC(CNS(=O)(=O)c2ccccc2C#N)OC1=O. The van der Waals surface area contributed by atoms with Gasteiger partial charge >= 0.3 is 6.09 Å². The molecule has 0 saturated carbocycles. The molecule has 0 aromatic heterocycles. The second kappa shape index (κ2) is 5.48. The Hall–Kier alpha value is -2.11. The van der Waals surface area contributed by atoms with Crippen LogP contribution < -0.4 is 4.72 Å². The molecule has 1 saturated heterocycles. The van der Waals surface area contributed by atoms with Crippen molar-refractivity contribution in [3.05, 3.63) is 29.8 Å². The van der Waals surface area contributed by atoms with Crippen LogP contribution in [0.4, 0.5) is 4.79 Å². The predicted octanol–water partition coefficient (Wildman–Crippen LogP) is 0.287.